The molecule has 0 unspecified atom stereocenters. The summed E-state index contributed by atoms with van der Waals surface area (Å²) in [5.41, 5.74) is 0.620. The van der Waals surface area contributed by atoms with Crippen molar-refractivity contribution in [2.75, 3.05) is 17.7 Å². The molecule has 0 aliphatic heterocycles. The third-order valence-electron chi connectivity index (χ3n) is 4.15. The maximum atomic E-state index is 12.4. The smallest absolute Gasteiger partial charge is 0.269 e. The molecule has 2 aromatic rings. The number of thioether (sulfide) groups is 1. The van der Waals surface area contributed by atoms with E-state index in [4.69, 9.17) is 0 Å². The van der Waals surface area contributed by atoms with Crippen molar-refractivity contribution < 1.29 is 9.72 Å². The van der Waals surface area contributed by atoms with Crippen LogP contribution in [0, 0.1) is 10.1 Å². The first kappa shape index (κ1) is 17.4. The molecule has 8 nitrogen and oxygen atoms in total. The van der Waals surface area contributed by atoms with Gasteiger partial charge in [0.05, 0.1) is 10.7 Å². The average molecular weight is 361 g/mol. The summed E-state index contributed by atoms with van der Waals surface area (Å²) in [5.74, 6) is 1.66. The number of nitro groups is 1. The number of nitrogens with zero attached hydrogens (tertiary/aromatic N) is 5. The van der Waals surface area contributed by atoms with Crippen LogP contribution in [0.1, 0.15) is 31.5 Å². The van der Waals surface area contributed by atoms with E-state index in [1.54, 1.807) is 19.2 Å². The van der Waals surface area contributed by atoms with Crippen LogP contribution in [-0.4, -0.2) is 38.4 Å². The summed E-state index contributed by atoms with van der Waals surface area (Å²) in [7, 11) is 1.66. The molecule has 1 amide bonds. The molecule has 1 aromatic heterocycles. The van der Waals surface area contributed by atoms with Crippen LogP contribution in [0.5, 0.6) is 0 Å². The van der Waals surface area contributed by atoms with Gasteiger partial charge in [-0.1, -0.05) is 11.8 Å². The Morgan fingerprint density at radius 3 is 2.60 bits per heavy atom. The Morgan fingerprint density at radius 2 is 2.04 bits per heavy atom. The molecule has 1 aliphatic carbocycles. The van der Waals surface area contributed by atoms with Crippen LogP contribution in [0.3, 0.4) is 0 Å². The first-order valence-corrected chi connectivity index (χ1v) is 9.06. The highest BCUT2D eigenvalue weighted by Crippen LogP contribution is 2.40. The standard InChI is InChI=1S/C16H19N5O3S/c1-3-20-15(11-4-5-11)17-18-16(20)25-10-14(22)19(2)12-6-8-13(9-7-12)21(23)24/h6-9,11H,3-5,10H2,1-2H3. The Morgan fingerprint density at radius 1 is 1.36 bits per heavy atom. The van der Waals surface area contributed by atoms with Crippen molar-refractivity contribution in [3.05, 3.63) is 40.2 Å². The molecular formula is C16H19N5O3S. The van der Waals surface area contributed by atoms with Crippen molar-refractivity contribution in [1.82, 2.24) is 14.8 Å². The van der Waals surface area contributed by atoms with E-state index in [0.29, 0.717) is 11.6 Å². The highest BCUT2D eigenvalue weighted by Gasteiger charge is 2.30. The molecule has 1 aliphatic rings. The quantitative estimate of drug-likeness (QED) is 0.428. The van der Waals surface area contributed by atoms with Crippen LogP contribution in [-0.2, 0) is 11.3 Å². The summed E-state index contributed by atoms with van der Waals surface area (Å²) < 4.78 is 2.07. The van der Waals surface area contributed by atoms with E-state index in [9.17, 15) is 14.9 Å². The van der Waals surface area contributed by atoms with Gasteiger partial charge in [-0.05, 0) is 31.9 Å². The van der Waals surface area contributed by atoms with Gasteiger partial charge in [0.2, 0.25) is 5.91 Å². The van der Waals surface area contributed by atoms with Crippen LogP contribution in [0.15, 0.2) is 29.4 Å². The van der Waals surface area contributed by atoms with Gasteiger partial charge >= 0.3 is 0 Å². The lowest BCUT2D eigenvalue weighted by Crippen LogP contribution is -2.28. The Balaban J connectivity index is 1.63. The number of carbonyl (C=O) groups is 1. The van der Waals surface area contributed by atoms with Crippen molar-refractivity contribution in [3.8, 4) is 0 Å². The van der Waals surface area contributed by atoms with Gasteiger partial charge in [-0.3, -0.25) is 14.9 Å². The number of amides is 1. The Labute approximate surface area is 149 Å². The Hall–Kier alpha value is -2.42. The molecule has 0 spiro atoms. The monoisotopic (exact) mass is 361 g/mol. The first-order valence-electron chi connectivity index (χ1n) is 8.08. The minimum atomic E-state index is -0.462. The van der Waals surface area contributed by atoms with Gasteiger partial charge in [0, 0.05) is 37.3 Å². The van der Waals surface area contributed by atoms with E-state index < -0.39 is 4.92 Å². The third kappa shape index (κ3) is 3.81. The molecule has 0 N–H and O–H groups in total. The number of aromatic nitrogens is 3. The van der Waals surface area contributed by atoms with Crippen LogP contribution in [0.25, 0.3) is 0 Å². The summed E-state index contributed by atoms with van der Waals surface area (Å²) >= 11 is 1.37. The number of non-ortho nitro benzene ring substituents is 1. The fraction of sp³-hybridized carbons (Fsp3) is 0.438. The second kappa shape index (κ2) is 7.22. The molecule has 1 heterocycles. The summed E-state index contributed by atoms with van der Waals surface area (Å²) in [5, 5.41) is 19.9. The molecule has 1 aromatic carbocycles. The first-order chi connectivity index (χ1) is 12.0. The zero-order valence-electron chi connectivity index (χ0n) is 14.1. The van der Waals surface area contributed by atoms with Crippen LogP contribution < -0.4 is 4.90 Å². The molecule has 0 radical (unpaired) electrons. The normalized spacial score (nSPS) is 13.7. The molecule has 3 rings (SSSR count). The van der Waals surface area contributed by atoms with Gasteiger partial charge in [-0.2, -0.15) is 0 Å². The summed E-state index contributed by atoms with van der Waals surface area (Å²) in [6.45, 7) is 2.83. The largest absolute Gasteiger partial charge is 0.315 e. The number of hydrogen-bond donors (Lipinski definition) is 0. The topological polar surface area (TPSA) is 94.2 Å². The van der Waals surface area contributed by atoms with Crippen molar-refractivity contribution in [2.24, 2.45) is 0 Å². The molecule has 132 valence electrons. The minimum absolute atomic E-state index is 0.00243. The van der Waals surface area contributed by atoms with Gasteiger partial charge in [-0.15, -0.1) is 10.2 Å². The van der Waals surface area contributed by atoms with Crippen molar-refractivity contribution in [3.63, 3.8) is 0 Å². The number of carbonyl (C=O) groups excluding carboxylic acids is 1. The summed E-state index contributed by atoms with van der Waals surface area (Å²) in [4.78, 5) is 24.1. The number of rotatable bonds is 7. The lowest BCUT2D eigenvalue weighted by atomic mass is 10.2. The third-order valence-corrected chi connectivity index (χ3v) is 5.10. The maximum Gasteiger partial charge on any atom is 0.269 e. The van der Waals surface area contributed by atoms with Gasteiger partial charge < -0.3 is 9.47 Å². The molecule has 0 saturated heterocycles. The van der Waals surface area contributed by atoms with Gasteiger partial charge in [0.1, 0.15) is 5.82 Å². The molecule has 1 saturated carbocycles. The minimum Gasteiger partial charge on any atom is -0.315 e. The Bertz CT molecular complexity index is 786. The number of anilines is 1. The average Bonchev–Trinajstić information content (AvgIpc) is 3.38. The number of hydrogen-bond acceptors (Lipinski definition) is 6. The highest BCUT2D eigenvalue weighted by atomic mass is 32.2. The summed E-state index contributed by atoms with van der Waals surface area (Å²) in [6.07, 6.45) is 2.31. The molecule has 1 fully saturated rings. The molecule has 0 bridgehead atoms. The predicted octanol–water partition coefficient (Wildman–Crippen LogP) is 2.84. The van der Waals surface area contributed by atoms with E-state index in [-0.39, 0.29) is 17.3 Å². The van der Waals surface area contributed by atoms with Gasteiger partial charge in [0.25, 0.3) is 5.69 Å². The second-order valence-corrected chi connectivity index (χ2v) is 6.82. The van der Waals surface area contributed by atoms with E-state index in [1.807, 2.05) is 6.92 Å². The fourth-order valence-electron chi connectivity index (χ4n) is 2.51. The lowest BCUT2D eigenvalue weighted by molar-refractivity contribution is -0.384. The summed E-state index contributed by atoms with van der Waals surface area (Å²) in [6, 6.07) is 5.92. The fourth-order valence-corrected chi connectivity index (χ4v) is 3.44. The zero-order valence-corrected chi connectivity index (χ0v) is 14.9. The SMILES string of the molecule is CCn1c(SCC(=O)N(C)c2ccc([N+](=O)[O-])cc2)nnc1C1CC1. The maximum absolute atomic E-state index is 12.4. The Kier molecular flexibility index (Phi) is 5.03. The van der Waals surface area contributed by atoms with Crippen LogP contribution >= 0.6 is 11.8 Å². The lowest BCUT2D eigenvalue weighted by Gasteiger charge is -2.17. The van der Waals surface area contributed by atoms with Crippen LogP contribution in [0.4, 0.5) is 11.4 Å². The van der Waals surface area contributed by atoms with Crippen molar-refractivity contribution >= 4 is 29.0 Å². The van der Waals surface area contributed by atoms with Gasteiger partial charge in [0.15, 0.2) is 5.16 Å². The predicted molar refractivity (Wildman–Crippen MR) is 94.9 cm³/mol. The van der Waals surface area contributed by atoms with E-state index in [1.165, 1.54) is 28.8 Å². The van der Waals surface area contributed by atoms with Gasteiger partial charge in [-0.25, -0.2) is 0 Å². The van der Waals surface area contributed by atoms with Crippen LogP contribution in [0.2, 0.25) is 0 Å². The molecule has 25 heavy (non-hydrogen) atoms. The van der Waals surface area contributed by atoms with E-state index in [2.05, 4.69) is 14.8 Å². The van der Waals surface area contributed by atoms with Crippen molar-refractivity contribution in [1.29, 1.82) is 0 Å². The highest BCUT2D eigenvalue weighted by molar-refractivity contribution is 7.99. The number of benzene rings is 1. The van der Waals surface area contributed by atoms with E-state index in [0.717, 1.165) is 30.4 Å². The van der Waals surface area contributed by atoms with E-state index >= 15 is 0 Å². The zero-order chi connectivity index (χ0) is 18.0. The second-order valence-electron chi connectivity index (χ2n) is 5.87. The van der Waals surface area contributed by atoms with Crippen molar-refractivity contribution in [2.45, 2.75) is 37.4 Å². The number of nitro benzene ring substituents is 1. The molecular weight excluding hydrogens is 342 g/mol. The molecule has 9 heteroatoms. The molecule has 0 atom stereocenters.